The van der Waals surface area contributed by atoms with Crippen LogP contribution < -0.4 is 10.6 Å². The predicted octanol–water partition coefficient (Wildman–Crippen LogP) is 3.48. The molecule has 1 unspecified atom stereocenters. The van der Waals surface area contributed by atoms with E-state index in [1.54, 1.807) is 6.92 Å². The molecule has 0 radical (unpaired) electrons. The minimum absolute atomic E-state index is 0.000304. The van der Waals surface area contributed by atoms with Crippen molar-refractivity contribution in [2.45, 2.75) is 97.5 Å². The number of para-hydroxylation sites is 1. The number of aromatic hydroxyl groups is 1. The second-order valence-electron chi connectivity index (χ2n) is 9.87. The third-order valence-electron chi connectivity index (χ3n) is 6.91. The fourth-order valence-corrected chi connectivity index (χ4v) is 4.29. The lowest BCUT2D eigenvalue weighted by molar-refractivity contribution is -0.177. The molecule has 1 aliphatic heterocycles. The molecule has 11 nitrogen and oxygen atoms in total. The van der Waals surface area contributed by atoms with Gasteiger partial charge >= 0.3 is 17.9 Å². The third-order valence-corrected chi connectivity index (χ3v) is 6.91. The average Bonchev–Trinajstić information content (AvgIpc) is 2.92. The molecule has 2 rings (SSSR count). The number of carbonyl (C=O) groups excluding carboxylic acids is 5. The first-order valence-corrected chi connectivity index (χ1v) is 13.5. The fraction of sp³-hybridized carbons (Fsp3) is 0.607. The standard InChI is InChI=1S/C28H40N2O9/c1-6-8-9-10-12-20-24(39-26(34)16(3)7-2)18(5)38-28(36)22(17(4)37-27(20)35)30-25(33)19-13-11-14-21(23(19)32)29-15-31/h11,13-18,20,22,24,32H,6-10,12H2,1-5H3,(H,29,31)(H,30,33)/t16?,17-,18+,20-,22+,24+/m1/s1. The second kappa shape index (κ2) is 15.1. The molecule has 1 aromatic rings. The Labute approximate surface area is 228 Å². The van der Waals surface area contributed by atoms with E-state index in [9.17, 15) is 29.1 Å². The number of benzene rings is 1. The Kier molecular flexibility index (Phi) is 12.2. The number of esters is 3. The highest BCUT2D eigenvalue weighted by atomic mass is 16.6. The van der Waals surface area contributed by atoms with E-state index in [0.717, 1.165) is 19.3 Å². The number of phenols is 1. The zero-order valence-electron chi connectivity index (χ0n) is 23.2. The molecule has 0 aliphatic carbocycles. The van der Waals surface area contributed by atoms with E-state index in [-0.39, 0.29) is 11.3 Å². The van der Waals surface area contributed by atoms with Crippen LogP contribution in [0.4, 0.5) is 5.69 Å². The molecular formula is C28H40N2O9. The van der Waals surface area contributed by atoms with Crippen LogP contribution in [-0.2, 0) is 33.4 Å². The van der Waals surface area contributed by atoms with Crippen LogP contribution in [0.5, 0.6) is 5.75 Å². The van der Waals surface area contributed by atoms with Crippen molar-refractivity contribution in [3.8, 4) is 5.75 Å². The number of unbranched alkanes of at least 4 members (excludes halogenated alkanes) is 3. The normalized spacial score (nSPS) is 24.2. The van der Waals surface area contributed by atoms with Gasteiger partial charge in [0, 0.05) is 0 Å². The summed E-state index contributed by atoms with van der Waals surface area (Å²) in [5.41, 5.74) is -0.213. The zero-order valence-corrected chi connectivity index (χ0v) is 23.2. The molecule has 0 saturated carbocycles. The molecule has 6 atom stereocenters. The molecule has 11 heteroatoms. The topological polar surface area (TPSA) is 157 Å². The van der Waals surface area contributed by atoms with E-state index in [4.69, 9.17) is 14.2 Å². The van der Waals surface area contributed by atoms with Gasteiger partial charge in [-0.2, -0.15) is 0 Å². The minimum atomic E-state index is -1.42. The molecule has 1 saturated heterocycles. The third kappa shape index (κ3) is 8.43. The monoisotopic (exact) mass is 548 g/mol. The molecule has 1 fully saturated rings. The number of nitrogens with one attached hydrogen (secondary N) is 2. The Hall–Kier alpha value is -3.63. The van der Waals surface area contributed by atoms with Crippen LogP contribution in [0.15, 0.2) is 18.2 Å². The van der Waals surface area contributed by atoms with E-state index >= 15 is 0 Å². The lowest BCUT2D eigenvalue weighted by Crippen LogP contribution is -2.50. The van der Waals surface area contributed by atoms with Crippen LogP contribution in [0.25, 0.3) is 0 Å². The Morgan fingerprint density at radius 2 is 1.77 bits per heavy atom. The van der Waals surface area contributed by atoms with Crippen LogP contribution in [0.2, 0.25) is 0 Å². The number of amides is 2. The summed E-state index contributed by atoms with van der Waals surface area (Å²) in [6.07, 6.45) is 1.57. The van der Waals surface area contributed by atoms with E-state index in [1.165, 1.54) is 32.0 Å². The van der Waals surface area contributed by atoms with Crippen molar-refractivity contribution in [1.82, 2.24) is 5.32 Å². The SMILES string of the molecule is CCCCCC[C@H]1C(=O)O[C@H](C)[C@H](NC(=O)c2cccc(NC=O)c2O)C(=O)O[C@@H](C)[C@@H]1OC(=O)C(C)CC. The molecule has 0 aromatic heterocycles. The van der Waals surface area contributed by atoms with E-state index in [2.05, 4.69) is 17.6 Å². The summed E-state index contributed by atoms with van der Waals surface area (Å²) in [6, 6.07) is 2.71. The number of cyclic esters (lactones) is 2. The van der Waals surface area contributed by atoms with Crippen LogP contribution in [0.3, 0.4) is 0 Å². The number of hydrogen-bond acceptors (Lipinski definition) is 9. The lowest BCUT2D eigenvalue weighted by atomic mass is 9.91. The van der Waals surface area contributed by atoms with Crippen molar-refractivity contribution in [3.63, 3.8) is 0 Å². The van der Waals surface area contributed by atoms with Gasteiger partial charge in [0.25, 0.3) is 5.91 Å². The summed E-state index contributed by atoms with van der Waals surface area (Å²) in [7, 11) is 0. The Balaban J connectivity index is 2.35. The van der Waals surface area contributed by atoms with Crippen molar-refractivity contribution in [3.05, 3.63) is 23.8 Å². The van der Waals surface area contributed by atoms with Gasteiger partial charge in [-0.3, -0.25) is 19.2 Å². The minimum Gasteiger partial charge on any atom is -0.505 e. The average molecular weight is 549 g/mol. The van der Waals surface area contributed by atoms with Gasteiger partial charge in [-0.25, -0.2) is 4.79 Å². The molecule has 39 heavy (non-hydrogen) atoms. The van der Waals surface area contributed by atoms with Crippen molar-refractivity contribution >= 4 is 35.9 Å². The quantitative estimate of drug-likeness (QED) is 0.117. The second-order valence-corrected chi connectivity index (χ2v) is 9.87. The molecule has 216 valence electrons. The summed E-state index contributed by atoms with van der Waals surface area (Å²) in [5, 5.41) is 15.1. The highest BCUT2D eigenvalue weighted by Crippen LogP contribution is 2.29. The molecule has 1 aliphatic rings. The lowest BCUT2D eigenvalue weighted by Gasteiger charge is -2.30. The molecule has 1 heterocycles. The maximum Gasteiger partial charge on any atom is 0.332 e. The smallest absolute Gasteiger partial charge is 0.332 e. The Morgan fingerprint density at radius 1 is 1.08 bits per heavy atom. The first-order chi connectivity index (χ1) is 18.5. The van der Waals surface area contributed by atoms with Crippen molar-refractivity contribution in [2.75, 3.05) is 5.32 Å². The van der Waals surface area contributed by atoms with Crippen molar-refractivity contribution in [1.29, 1.82) is 0 Å². The maximum absolute atomic E-state index is 13.4. The number of phenolic OH excluding ortho intramolecular Hbond substituents is 1. The number of carbonyl (C=O) groups is 5. The van der Waals surface area contributed by atoms with E-state index in [0.29, 0.717) is 25.7 Å². The zero-order chi connectivity index (χ0) is 29.1. The summed E-state index contributed by atoms with van der Waals surface area (Å²) < 4.78 is 17.0. The van der Waals surface area contributed by atoms with Gasteiger partial charge < -0.3 is 30.0 Å². The highest BCUT2D eigenvalue weighted by molar-refractivity contribution is 6.01. The maximum atomic E-state index is 13.4. The Morgan fingerprint density at radius 3 is 2.41 bits per heavy atom. The van der Waals surface area contributed by atoms with Gasteiger partial charge in [-0.05, 0) is 38.8 Å². The number of rotatable bonds is 12. The van der Waals surface area contributed by atoms with Crippen molar-refractivity contribution < 1.29 is 43.3 Å². The largest absolute Gasteiger partial charge is 0.505 e. The first-order valence-electron chi connectivity index (χ1n) is 13.5. The highest BCUT2D eigenvalue weighted by Gasteiger charge is 2.44. The Bertz CT molecular complexity index is 1030. The van der Waals surface area contributed by atoms with Gasteiger partial charge in [0.15, 0.2) is 17.9 Å². The van der Waals surface area contributed by atoms with Gasteiger partial charge in [0.1, 0.15) is 12.2 Å². The van der Waals surface area contributed by atoms with Gasteiger partial charge in [0.05, 0.1) is 23.1 Å². The van der Waals surface area contributed by atoms with Crippen LogP contribution in [0.1, 0.15) is 83.5 Å². The van der Waals surface area contributed by atoms with E-state index in [1.807, 2.05) is 6.92 Å². The first kappa shape index (κ1) is 31.6. The molecule has 1 aromatic carbocycles. The number of hydrogen-bond donors (Lipinski definition) is 3. The van der Waals surface area contributed by atoms with Crippen molar-refractivity contribution in [2.24, 2.45) is 11.8 Å². The van der Waals surface area contributed by atoms with Gasteiger partial charge in [-0.15, -0.1) is 0 Å². The predicted molar refractivity (Wildman–Crippen MR) is 142 cm³/mol. The molecule has 3 N–H and O–H groups in total. The summed E-state index contributed by atoms with van der Waals surface area (Å²) >= 11 is 0. The summed E-state index contributed by atoms with van der Waals surface area (Å²) in [6.45, 7) is 8.60. The number of ether oxygens (including phenoxy) is 3. The molecule has 0 bridgehead atoms. The fourth-order valence-electron chi connectivity index (χ4n) is 4.29. The van der Waals surface area contributed by atoms with Gasteiger partial charge in [-0.1, -0.05) is 52.5 Å². The number of anilines is 1. The molecular weight excluding hydrogens is 508 g/mol. The van der Waals surface area contributed by atoms with Crippen LogP contribution >= 0.6 is 0 Å². The summed E-state index contributed by atoms with van der Waals surface area (Å²) in [4.78, 5) is 63.1. The molecule has 0 spiro atoms. The van der Waals surface area contributed by atoms with Gasteiger partial charge in [0.2, 0.25) is 6.41 Å². The molecule has 2 amide bonds. The van der Waals surface area contributed by atoms with Crippen LogP contribution in [-0.4, -0.2) is 59.7 Å². The van der Waals surface area contributed by atoms with E-state index < -0.39 is 65.8 Å². The van der Waals surface area contributed by atoms with Crippen LogP contribution in [0, 0.1) is 11.8 Å². The summed E-state index contributed by atoms with van der Waals surface area (Å²) in [5.74, 6) is -4.70.